The molecule has 0 aromatic heterocycles. The SMILES string of the molecule is CCN(CC)CC.Cl.Cl.[SnH2]. The van der Waals surface area contributed by atoms with Crippen molar-refractivity contribution in [2.75, 3.05) is 19.6 Å². The molecule has 0 fully saturated rings. The van der Waals surface area contributed by atoms with Crippen LogP contribution in [0, 0.1) is 0 Å². The minimum absolute atomic E-state index is 0. The number of hydrogen-bond acceptors (Lipinski definition) is 1. The van der Waals surface area contributed by atoms with Crippen LogP contribution in [0.3, 0.4) is 0 Å². The van der Waals surface area contributed by atoms with Crippen LogP contribution in [0.15, 0.2) is 0 Å². The summed E-state index contributed by atoms with van der Waals surface area (Å²) in [4.78, 5) is 2.38. The fourth-order valence-corrected chi connectivity index (χ4v) is 0.671. The van der Waals surface area contributed by atoms with Crippen LogP contribution in [0.5, 0.6) is 0 Å². The maximum atomic E-state index is 2.38. The van der Waals surface area contributed by atoms with Gasteiger partial charge in [-0.3, -0.25) is 0 Å². The van der Waals surface area contributed by atoms with Crippen molar-refractivity contribution in [3.05, 3.63) is 0 Å². The first-order valence-corrected chi connectivity index (χ1v) is 3.07. The molecule has 0 unspecified atom stereocenters. The van der Waals surface area contributed by atoms with Crippen molar-refractivity contribution in [2.45, 2.75) is 20.8 Å². The van der Waals surface area contributed by atoms with E-state index in [-0.39, 0.29) is 48.7 Å². The molecule has 4 heteroatoms. The Labute approximate surface area is 93.7 Å². The first kappa shape index (κ1) is 22.5. The van der Waals surface area contributed by atoms with E-state index in [4.69, 9.17) is 0 Å². The average molecular weight is 295 g/mol. The van der Waals surface area contributed by atoms with Crippen molar-refractivity contribution < 1.29 is 0 Å². The third-order valence-electron chi connectivity index (χ3n) is 1.34. The van der Waals surface area contributed by atoms with Crippen molar-refractivity contribution in [3.8, 4) is 0 Å². The van der Waals surface area contributed by atoms with Gasteiger partial charge >= 0.3 is 23.9 Å². The standard InChI is InChI=1S/C6H15N.2ClH.Sn.2H/c1-4-7(5-2)6-3;;;;;/h4-6H2,1-3H3;2*1H;;;. The molecule has 0 aliphatic rings. The van der Waals surface area contributed by atoms with E-state index in [1.807, 2.05) is 0 Å². The third kappa shape index (κ3) is 12.1. The minimum atomic E-state index is 0. The summed E-state index contributed by atoms with van der Waals surface area (Å²) in [7, 11) is 0. The van der Waals surface area contributed by atoms with Gasteiger partial charge in [-0.25, -0.2) is 0 Å². The van der Waals surface area contributed by atoms with Gasteiger partial charge in [-0.05, 0) is 19.6 Å². The van der Waals surface area contributed by atoms with Gasteiger partial charge in [-0.2, -0.15) is 0 Å². The second-order valence-corrected chi connectivity index (χ2v) is 1.62. The summed E-state index contributed by atoms with van der Waals surface area (Å²) >= 11 is 0. The van der Waals surface area contributed by atoms with Gasteiger partial charge in [0.1, 0.15) is 0 Å². The van der Waals surface area contributed by atoms with E-state index in [2.05, 4.69) is 25.7 Å². The number of hydrogen-bond donors (Lipinski definition) is 0. The molecule has 0 aromatic carbocycles. The van der Waals surface area contributed by atoms with Crippen LogP contribution >= 0.6 is 24.8 Å². The van der Waals surface area contributed by atoms with E-state index in [1.54, 1.807) is 0 Å². The van der Waals surface area contributed by atoms with Gasteiger partial charge in [-0.15, -0.1) is 24.8 Å². The summed E-state index contributed by atoms with van der Waals surface area (Å²) in [5.74, 6) is 0. The van der Waals surface area contributed by atoms with Crippen LogP contribution in [0.25, 0.3) is 0 Å². The molecule has 2 radical (unpaired) electrons. The molecule has 0 aliphatic carbocycles. The van der Waals surface area contributed by atoms with Crippen molar-refractivity contribution in [1.82, 2.24) is 4.90 Å². The van der Waals surface area contributed by atoms with Gasteiger partial charge in [-0.1, -0.05) is 20.8 Å². The first-order chi connectivity index (χ1) is 3.35. The Morgan fingerprint density at radius 1 is 0.800 bits per heavy atom. The Morgan fingerprint density at radius 2 is 1.00 bits per heavy atom. The van der Waals surface area contributed by atoms with E-state index in [0.29, 0.717) is 0 Å². The van der Waals surface area contributed by atoms with Crippen molar-refractivity contribution >= 4 is 48.7 Å². The molecular weight excluding hydrogens is 276 g/mol. The monoisotopic (exact) mass is 295 g/mol. The molecule has 0 atom stereocenters. The normalized spacial score (nSPS) is 7.20. The molecule has 0 saturated carbocycles. The maximum absolute atomic E-state index is 2.38. The molecule has 0 heterocycles. The van der Waals surface area contributed by atoms with Crippen LogP contribution in [0.1, 0.15) is 20.8 Å². The van der Waals surface area contributed by atoms with Crippen LogP contribution < -0.4 is 0 Å². The Morgan fingerprint density at radius 3 is 1.00 bits per heavy atom. The zero-order chi connectivity index (χ0) is 5.70. The van der Waals surface area contributed by atoms with E-state index in [1.165, 1.54) is 19.6 Å². The van der Waals surface area contributed by atoms with E-state index >= 15 is 0 Å². The van der Waals surface area contributed by atoms with Gasteiger partial charge in [0, 0.05) is 0 Å². The van der Waals surface area contributed by atoms with Gasteiger partial charge in [0.05, 0.1) is 0 Å². The van der Waals surface area contributed by atoms with Crippen molar-refractivity contribution in [1.29, 1.82) is 0 Å². The van der Waals surface area contributed by atoms with E-state index in [0.717, 1.165) is 0 Å². The summed E-state index contributed by atoms with van der Waals surface area (Å²) in [6.45, 7) is 10.1. The molecule has 0 aromatic rings. The molecule has 0 bridgehead atoms. The zero-order valence-electron chi connectivity index (χ0n) is 7.09. The number of halogens is 2. The van der Waals surface area contributed by atoms with Gasteiger partial charge in [0.2, 0.25) is 0 Å². The summed E-state index contributed by atoms with van der Waals surface area (Å²) in [5.41, 5.74) is 0. The summed E-state index contributed by atoms with van der Waals surface area (Å²) in [6, 6.07) is 0. The zero-order valence-corrected chi connectivity index (χ0v) is 12.8. The molecule has 0 amide bonds. The van der Waals surface area contributed by atoms with Crippen molar-refractivity contribution in [3.63, 3.8) is 0 Å². The molecule has 10 heavy (non-hydrogen) atoms. The molecule has 0 aliphatic heterocycles. The average Bonchev–Trinajstić information content (AvgIpc) is 1.72. The van der Waals surface area contributed by atoms with E-state index in [9.17, 15) is 0 Å². The predicted octanol–water partition coefficient (Wildman–Crippen LogP) is 1.28. The molecule has 66 valence electrons. The second kappa shape index (κ2) is 16.7. The molecule has 0 saturated heterocycles. The molecule has 0 N–H and O–H groups in total. The predicted molar refractivity (Wildman–Crippen MR) is 56.5 cm³/mol. The summed E-state index contributed by atoms with van der Waals surface area (Å²) in [6.07, 6.45) is 0. The van der Waals surface area contributed by atoms with Crippen molar-refractivity contribution in [2.24, 2.45) is 0 Å². The Hall–Kier alpha value is 1.34. The van der Waals surface area contributed by atoms with Crippen LogP contribution in [0.4, 0.5) is 0 Å². The van der Waals surface area contributed by atoms with Crippen LogP contribution in [-0.4, -0.2) is 48.4 Å². The quantitative estimate of drug-likeness (QED) is 0.709. The number of rotatable bonds is 3. The van der Waals surface area contributed by atoms with Gasteiger partial charge < -0.3 is 4.90 Å². The second-order valence-electron chi connectivity index (χ2n) is 1.62. The third-order valence-corrected chi connectivity index (χ3v) is 1.34. The van der Waals surface area contributed by atoms with E-state index < -0.39 is 0 Å². The Kier molecular flexibility index (Phi) is 37.7. The van der Waals surface area contributed by atoms with Gasteiger partial charge in [0.15, 0.2) is 0 Å². The Balaban J connectivity index is -0.0000000600. The van der Waals surface area contributed by atoms with Gasteiger partial charge in [0.25, 0.3) is 0 Å². The first-order valence-electron chi connectivity index (χ1n) is 3.07. The summed E-state index contributed by atoms with van der Waals surface area (Å²) in [5, 5.41) is 0. The van der Waals surface area contributed by atoms with Crippen LogP contribution in [0.2, 0.25) is 0 Å². The van der Waals surface area contributed by atoms with Crippen LogP contribution in [-0.2, 0) is 0 Å². The fourth-order valence-electron chi connectivity index (χ4n) is 0.671. The molecule has 0 spiro atoms. The molecule has 1 nitrogen and oxygen atoms in total. The molecule has 0 rings (SSSR count). The summed E-state index contributed by atoms with van der Waals surface area (Å²) < 4.78 is 0. The fraction of sp³-hybridized carbons (Fsp3) is 1.00. The molecular formula is C6H19Cl2NSn. The Bertz CT molecular complexity index is 37.2. The number of nitrogens with zero attached hydrogens (tertiary/aromatic N) is 1. The topological polar surface area (TPSA) is 3.24 Å².